The zero-order valence-corrected chi connectivity index (χ0v) is 15.2. The number of benzene rings is 1. The van der Waals surface area contributed by atoms with Gasteiger partial charge in [-0.3, -0.25) is 0 Å². The number of nitrogens with one attached hydrogen (secondary N) is 2. The maximum atomic E-state index is 5.58. The largest absolute Gasteiger partial charge is 0.486 e. The Morgan fingerprint density at radius 2 is 1.96 bits per heavy atom. The summed E-state index contributed by atoms with van der Waals surface area (Å²) < 4.78 is 11.1. The van der Waals surface area contributed by atoms with Crippen LogP contribution in [0.3, 0.4) is 0 Å². The van der Waals surface area contributed by atoms with Crippen molar-refractivity contribution in [3.63, 3.8) is 0 Å². The van der Waals surface area contributed by atoms with Crippen molar-refractivity contribution in [2.75, 3.05) is 44.7 Å². The molecule has 2 N–H and O–H groups in total. The first-order valence-electron chi connectivity index (χ1n) is 8.87. The molecule has 6 heteroatoms. The summed E-state index contributed by atoms with van der Waals surface area (Å²) >= 11 is 5.37. The molecule has 2 aliphatic rings. The van der Waals surface area contributed by atoms with Gasteiger partial charge in [-0.05, 0) is 69.2 Å². The van der Waals surface area contributed by atoms with Crippen molar-refractivity contribution in [3.8, 4) is 11.5 Å². The van der Waals surface area contributed by atoms with Crippen LogP contribution in [0.4, 0.5) is 5.69 Å². The van der Waals surface area contributed by atoms with E-state index in [1.807, 2.05) is 18.2 Å². The Morgan fingerprint density at radius 1 is 1.21 bits per heavy atom. The smallest absolute Gasteiger partial charge is 0.170 e. The number of thiocarbonyl (C=S) groups is 1. The summed E-state index contributed by atoms with van der Waals surface area (Å²) in [5.74, 6) is 2.46. The first-order valence-corrected chi connectivity index (χ1v) is 9.28. The molecule has 0 aromatic heterocycles. The van der Waals surface area contributed by atoms with E-state index in [-0.39, 0.29) is 0 Å². The van der Waals surface area contributed by atoms with E-state index in [4.69, 9.17) is 21.7 Å². The Kier molecular flexibility index (Phi) is 6.15. The van der Waals surface area contributed by atoms with Crippen LogP contribution in [0.25, 0.3) is 0 Å². The molecule has 3 rings (SSSR count). The van der Waals surface area contributed by atoms with E-state index in [0.29, 0.717) is 18.3 Å². The molecule has 1 fully saturated rings. The van der Waals surface area contributed by atoms with Crippen LogP contribution >= 0.6 is 12.2 Å². The van der Waals surface area contributed by atoms with Gasteiger partial charge in [0.15, 0.2) is 16.6 Å². The van der Waals surface area contributed by atoms with Crippen LogP contribution < -0.4 is 20.1 Å². The average molecular weight is 350 g/mol. The van der Waals surface area contributed by atoms with E-state index >= 15 is 0 Å². The molecule has 0 spiro atoms. The van der Waals surface area contributed by atoms with E-state index in [0.717, 1.165) is 42.6 Å². The standard InChI is InChI=1S/C18H27N3O2S/c1-14-5-9-21(10-6-14)8-2-7-19-18(24)20-15-3-4-16-17(13-15)23-12-11-22-16/h3-4,13-14H,2,5-12H2,1H3,(H2,19,20,24). The van der Waals surface area contributed by atoms with Crippen LogP contribution in [0.15, 0.2) is 18.2 Å². The fourth-order valence-corrected chi connectivity index (χ4v) is 3.31. The number of hydrogen-bond donors (Lipinski definition) is 2. The molecule has 0 atom stereocenters. The number of piperidine rings is 1. The number of hydrogen-bond acceptors (Lipinski definition) is 4. The molecule has 1 aromatic carbocycles. The molecule has 0 amide bonds. The van der Waals surface area contributed by atoms with Crippen LogP contribution in [-0.2, 0) is 0 Å². The molecule has 132 valence electrons. The Balaban J connectivity index is 1.35. The van der Waals surface area contributed by atoms with Crippen molar-refractivity contribution in [2.24, 2.45) is 5.92 Å². The Labute approximate surface area is 149 Å². The average Bonchev–Trinajstić information content (AvgIpc) is 2.60. The van der Waals surface area contributed by atoms with Gasteiger partial charge < -0.3 is 25.0 Å². The number of anilines is 1. The van der Waals surface area contributed by atoms with Gasteiger partial charge in [-0.2, -0.15) is 0 Å². The summed E-state index contributed by atoms with van der Waals surface area (Å²) in [6.07, 6.45) is 3.77. The van der Waals surface area contributed by atoms with Gasteiger partial charge in [0.2, 0.25) is 0 Å². The van der Waals surface area contributed by atoms with Gasteiger partial charge in [0, 0.05) is 18.3 Å². The fraction of sp³-hybridized carbons (Fsp3) is 0.611. The fourth-order valence-electron chi connectivity index (χ4n) is 3.09. The summed E-state index contributed by atoms with van der Waals surface area (Å²) in [5, 5.41) is 7.14. The molecule has 1 aromatic rings. The van der Waals surface area contributed by atoms with Gasteiger partial charge in [0.25, 0.3) is 0 Å². The van der Waals surface area contributed by atoms with Crippen molar-refractivity contribution in [3.05, 3.63) is 18.2 Å². The molecular weight excluding hydrogens is 322 g/mol. The van der Waals surface area contributed by atoms with Crippen molar-refractivity contribution in [1.29, 1.82) is 0 Å². The second-order valence-electron chi connectivity index (χ2n) is 6.62. The highest BCUT2D eigenvalue weighted by Crippen LogP contribution is 2.32. The van der Waals surface area contributed by atoms with Crippen LogP contribution in [-0.4, -0.2) is 49.4 Å². The third-order valence-electron chi connectivity index (χ3n) is 4.61. The highest BCUT2D eigenvalue weighted by molar-refractivity contribution is 7.80. The quantitative estimate of drug-likeness (QED) is 0.630. The first-order chi connectivity index (χ1) is 11.7. The molecule has 0 bridgehead atoms. The Hall–Kier alpha value is -1.53. The van der Waals surface area contributed by atoms with Gasteiger partial charge in [0.05, 0.1) is 0 Å². The van der Waals surface area contributed by atoms with E-state index in [2.05, 4.69) is 22.5 Å². The zero-order chi connectivity index (χ0) is 16.8. The molecule has 24 heavy (non-hydrogen) atoms. The van der Waals surface area contributed by atoms with E-state index in [1.54, 1.807) is 0 Å². The number of fused-ring (bicyclic) bond motifs is 1. The van der Waals surface area contributed by atoms with Crippen molar-refractivity contribution < 1.29 is 9.47 Å². The highest BCUT2D eigenvalue weighted by atomic mass is 32.1. The van der Waals surface area contributed by atoms with Gasteiger partial charge in [-0.1, -0.05) is 6.92 Å². The molecule has 0 unspecified atom stereocenters. The van der Waals surface area contributed by atoms with Gasteiger partial charge in [-0.15, -0.1) is 0 Å². The molecule has 2 heterocycles. The molecule has 5 nitrogen and oxygen atoms in total. The molecule has 0 aliphatic carbocycles. The summed E-state index contributed by atoms with van der Waals surface area (Å²) in [6, 6.07) is 5.80. The minimum absolute atomic E-state index is 0.592. The topological polar surface area (TPSA) is 45.8 Å². The van der Waals surface area contributed by atoms with Gasteiger partial charge >= 0.3 is 0 Å². The SMILES string of the molecule is CC1CCN(CCCNC(=S)Nc2ccc3c(c2)OCCO3)CC1. The molecule has 1 saturated heterocycles. The van der Waals surface area contributed by atoms with Crippen LogP contribution in [0.2, 0.25) is 0 Å². The lowest BCUT2D eigenvalue weighted by atomic mass is 9.99. The van der Waals surface area contributed by atoms with Crippen molar-refractivity contribution in [2.45, 2.75) is 26.2 Å². The normalized spacial score (nSPS) is 18.2. The van der Waals surface area contributed by atoms with Crippen LogP contribution in [0.1, 0.15) is 26.2 Å². The number of ether oxygens (including phenoxy) is 2. The van der Waals surface area contributed by atoms with E-state index < -0.39 is 0 Å². The predicted molar refractivity (Wildman–Crippen MR) is 101 cm³/mol. The molecule has 0 saturated carbocycles. The third kappa shape index (κ3) is 4.98. The second-order valence-corrected chi connectivity index (χ2v) is 7.03. The summed E-state index contributed by atoms with van der Waals surface area (Å²) in [7, 11) is 0. The summed E-state index contributed by atoms with van der Waals surface area (Å²) in [6.45, 7) is 8.06. The maximum absolute atomic E-state index is 5.58. The number of rotatable bonds is 5. The van der Waals surface area contributed by atoms with Gasteiger partial charge in [0.1, 0.15) is 13.2 Å². The number of nitrogens with zero attached hydrogens (tertiary/aromatic N) is 1. The van der Waals surface area contributed by atoms with Crippen molar-refractivity contribution >= 4 is 23.0 Å². The lowest BCUT2D eigenvalue weighted by Gasteiger charge is -2.30. The first kappa shape index (κ1) is 17.3. The Morgan fingerprint density at radius 3 is 2.75 bits per heavy atom. The van der Waals surface area contributed by atoms with Crippen LogP contribution in [0.5, 0.6) is 11.5 Å². The summed E-state index contributed by atoms with van der Waals surface area (Å²) in [5.41, 5.74) is 0.918. The van der Waals surface area contributed by atoms with Gasteiger partial charge in [-0.25, -0.2) is 0 Å². The third-order valence-corrected chi connectivity index (χ3v) is 4.86. The number of likely N-dealkylation sites (tertiary alicyclic amines) is 1. The van der Waals surface area contributed by atoms with Crippen LogP contribution in [0, 0.1) is 5.92 Å². The lowest BCUT2D eigenvalue weighted by molar-refractivity contribution is 0.171. The molecule has 0 radical (unpaired) electrons. The monoisotopic (exact) mass is 349 g/mol. The maximum Gasteiger partial charge on any atom is 0.170 e. The predicted octanol–water partition coefficient (Wildman–Crippen LogP) is 2.87. The zero-order valence-electron chi connectivity index (χ0n) is 14.3. The molecular formula is C18H27N3O2S. The summed E-state index contributed by atoms with van der Waals surface area (Å²) in [4.78, 5) is 2.55. The van der Waals surface area contributed by atoms with Crippen molar-refractivity contribution in [1.82, 2.24) is 10.2 Å². The minimum atomic E-state index is 0.592. The minimum Gasteiger partial charge on any atom is -0.486 e. The van der Waals surface area contributed by atoms with E-state index in [1.165, 1.54) is 25.9 Å². The Bertz CT molecular complexity index is 559. The molecule has 2 aliphatic heterocycles. The second kappa shape index (κ2) is 8.53. The lowest BCUT2D eigenvalue weighted by Crippen LogP contribution is -2.36. The van der Waals surface area contributed by atoms with E-state index in [9.17, 15) is 0 Å². The highest BCUT2D eigenvalue weighted by Gasteiger charge is 2.15.